The SMILES string of the molecule is N#CCN1CCC(C(N)=O)C1. The summed E-state index contributed by atoms with van der Waals surface area (Å²) in [6.07, 6.45) is 0.803. The summed E-state index contributed by atoms with van der Waals surface area (Å²) in [6, 6.07) is 2.04. The van der Waals surface area contributed by atoms with Gasteiger partial charge in [-0.15, -0.1) is 0 Å². The lowest BCUT2D eigenvalue weighted by atomic mass is 10.1. The highest BCUT2D eigenvalue weighted by Crippen LogP contribution is 2.14. The molecule has 4 heteroatoms. The summed E-state index contributed by atoms with van der Waals surface area (Å²) in [5.41, 5.74) is 5.11. The van der Waals surface area contributed by atoms with Crippen molar-refractivity contribution in [3.63, 3.8) is 0 Å². The van der Waals surface area contributed by atoms with Crippen molar-refractivity contribution < 1.29 is 4.79 Å². The molecule has 1 amide bonds. The van der Waals surface area contributed by atoms with Gasteiger partial charge in [0.05, 0.1) is 18.5 Å². The van der Waals surface area contributed by atoms with E-state index in [1.165, 1.54) is 0 Å². The predicted octanol–water partition coefficient (Wildman–Crippen LogP) is -0.683. The van der Waals surface area contributed by atoms with E-state index in [2.05, 4.69) is 0 Å². The molecule has 0 aromatic rings. The fraction of sp³-hybridized carbons (Fsp3) is 0.714. The molecule has 2 N–H and O–H groups in total. The van der Waals surface area contributed by atoms with Crippen LogP contribution in [0, 0.1) is 17.2 Å². The molecule has 1 atom stereocenters. The summed E-state index contributed by atoms with van der Waals surface area (Å²) in [6.45, 7) is 1.88. The zero-order valence-electron chi connectivity index (χ0n) is 6.29. The maximum Gasteiger partial charge on any atom is 0.221 e. The quantitative estimate of drug-likeness (QED) is 0.534. The van der Waals surface area contributed by atoms with Crippen LogP contribution in [0.1, 0.15) is 6.42 Å². The molecular weight excluding hydrogens is 142 g/mol. The zero-order chi connectivity index (χ0) is 8.27. The van der Waals surface area contributed by atoms with E-state index in [0.717, 1.165) is 13.0 Å². The third-order valence-electron chi connectivity index (χ3n) is 1.97. The van der Waals surface area contributed by atoms with Gasteiger partial charge in [-0.3, -0.25) is 9.69 Å². The van der Waals surface area contributed by atoms with Gasteiger partial charge in [0.2, 0.25) is 5.91 Å². The average molecular weight is 153 g/mol. The van der Waals surface area contributed by atoms with Gasteiger partial charge in [0, 0.05) is 6.54 Å². The number of likely N-dealkylation sites (tertiary alicyclic amines) is 1. The maximum atomic E-state index is 10.7. The molecule has 4 nitrogen and oxygen atoms in total. The Morgan fingerprint density at radius 3 is 3.00 bits per heavy atom. The lowest BCUT2D eigenvalue weighted by molar-refractivity contribution is -0.121. The van der Waals surface area contributed by atoms with E-state index in [0.29, 0.717) is 13.1 Å². The van der Waals surface area contributed by atoms with Gasteiger partial charge in [0.15, 0.2) is 0 Å². The lowest BCUT2D eigenvalue weighted by Crippen LogP contribution is -2.27. The Balaban J connectivity index is 2.36. The minimum atomic E-state index is -0.245. The first-order valence-electron chi connectivity index (χ1n) is 3.62. The Labute approximate surface area is 65.6 Å². The molecule has 1 saturated heterocycles. The van der Waals surface area contributed by atoms with E-state index in [1.807, 2.05) is 11.0 Å². The Kier molecular flexibility index (Phi) is 2.44. The molecule has 1 rings (SSSR count). The first-order chi connectivity index (χ1) is 5.24. The van der Waals surface area contributed by atoms with Crippen LogP contribution < -0.4 is 5.73 Å². The molecule has 1 aliphatic rings. The molecule has 0 saturated carbocycles. The van der Waals surface area contributed by atoms with Gasteiger partial charge in [-0.05, 0) is 13.0 Å². The number of rotatable bonds is 2. The van der Waals surface area contributed by atoms with Crippen LogP contribution in [0.25, 0.3) is 0 Å². The van der Waals surface area contributed by atoms with Crippen molar-refractivity contribution in [3.8, 4) is 6.07 Å². The van der Waals surface area contributed by atoms with E-state index in [-0.39, 0.29) is 11.8 Å². The summed E-state index contributed by atoms with van der Waals surface area (Å²) in [4.78, 5) is 12.6. The number of nitriles is 1. The number of hydrogen-bond acceptors (Lipinski definition) is 3. The van der Waals surface area contributed by atoms with Gasteiger partial charge in [0.25, 0.3) is 0 Å². The maximum absolute atomic E-state index is 10.7. The number of nitrogens with zero attached hydrogens (tertiary/aromatic N) is 2. The second-order valence-corrected chi connectivity index (χ2v) is 2.78. The normalized spacial score (nSPS) is 24.8. The molecule has 1 heterocycles. The minimum absolute atomic E-state index is 0.0386. The van der Waals surface area contributed by atoms with E-state index < -0.39 is 0 Å². The Hall–Kier alpha value is -1.08. The summed E-state index contributed by atoms with van der Waals surface area (Å²) in [5.74, 6) is -0.284. The molecular formula is C7H11N3O. The largest absolute Gasteiger partial charge is 0.369 e. The molecule has 0 aliphatic carbocycles. The predicted molar refractivity (Wildman–Crippen MR) is 39.4 cm³/mol. The van der Waals surface area contributed by atoms with Gasteiger partial charge in [-0.2, -0.15) is 5.26 Å². The smallest absolute Gasteiger partial charge is 0.221 e. The molecule has 1 fully saturated rings. The van der Waals surface area contributed by atoms with E-state index in [9.17, 15) is 4.79 Å². The second-order valence-electron chi connectivity index (χ2n) is 2.78. The van der Waals surface area contributed by atoms with Crippen molar-refractivity contribution in [1.29, 1.82) is 5.26 Å². The fourth-order valence-corrected chi connectivity index (χ4v) is 1.31. The first kappa shape index (κ1) is 8.02. The number of carbonyl (C=O) groups excluding carboxylic acids is 1. The molecule has 11 heavy (non-hydrogen) atoms. The number of primary amides is 1. The van der Waals surface area contributed by atoms with E-state index >= 15 is 0 Å². The van der Waals surface area contributed by atoms with Crippen LogP contribution in [0.15, 0.2) is 0 Å². The minimum Gasteiger partial charge on any atom is -0.369 e. The van der Waals surface area contributed by atoms with Crippen molar-refractivity contribution in [2.24, 2.45) is 11.7 Å². The van der Waals surface area contributed by atoms with Crippen molar-refractivity contribution in [2.45, 2.75) is 6.42 Å². The molecule has 0 radical (unpaired) electrons. The van der Waals surface area contributed by atoms with Crippen molar-refractivity contribution in [1.82, 2.24) is 4.90 Å². The van der Waals surface area contributed by atoms with Crippen molar-refractivity contribution in [3.05, 3.63) is 0 Å². The van der Waals surface area contributed by atoms with Crippen molar-refractivity contribution >= 4 is 5.91 Å². The van der Waals surface area contributed by atoms with Crippen LogP contribution in [-0.2, 0) is 4.79 Å². The Bertz CT molecular complexity index is 196. The van der Waals surface area contributed by atoms with Crippen LogP contribution in [-0.4, -0.2) is 30.4 Å². The Morgan fingerprint density at radius 2 is 2.55 bits per heavy atom. The van der Waals surface area contributed by atoms with Crippen LogP contribution in [0.2, 0.25) is 0 Å². The highest BCUT2D eigenvalue weighted by Gasteiger charge is 2.25. The molecule has 0 aromatic carbocycles. The molecule has 0 spiro atoms. The number of amides is 1. The van der Waals surface area contributed by atoms with Gasteiger partial charge in [-0.1, -0.05) is 0 Å². The van der Waals surface area contributed by atoms with Gasteiger partial charge < -0.3 is 5.73 Å². The van der Waals surface area contributed by atoms with Crippen molar-refractivity contribution in [2.75, 3.05) is 19.6 Å². The highest BCUT2D eigenvalue weighted by molar-refractivity contribution is 5.77. The molecule has 60 valence electrons. The number of carbonyl (C=O) groups is 1. The summed E-state index contributed by atoms with van der Waals surface area (Å²) in [5, 5.41) is 8.34. The Morgan fingerprint density at radius 1 is 1.82 bits per heavy atom. The van der Waals surface area contributed by atoms with Gasteiger partial charge in [-0.25, -0.2) is 0 Å². The van der Waals surface area contributed by atoms with Crippen LogP contribution in [0.5, 0.6) is 0 Å². The molecule has 0 bridgehead atoms. The topological polar surface area (TPSA) is 70.1 Å². The zero-order valence-corrected chi connectivity index (χ0v) is 6.29. The summed E-state index contributed by atoms with van der Waals surface area (Å²) >= 11 is 0. The molecule has 1 unspecified atom stereocenters. The summed E-state index contributed by atoms with van der Waals surface area (Å²) < 4.78 is 0. The van der Waals surface area contributed by atoms with E-state index in [1.54, 1.807) is 0 Å². The van der Waals surface area contributed by atoms with Gasteiger partial charge >= 0.3 is 0 Å². The standard InChI is InChI=1S/C7H11N3O/c8-2-4-10-3-1-6(5-10)7(9)11/h6H,1,3-5H2,(H2,9,11). The molecule has 1 aliphatic heterocycles. The highest BCUT2D eigenvalue weighted by atomic mass is 16.1. The third-order valence-corrected chi connectivity index (χ3v) is 1.97. The second kappa shape index (κ2) is 3.35. The van der Waals surface area contributed by atoms with E-state index in [4.69, 9.17) is 11.0 Å². The van der Waals surface area contributed by atoms with Gasteiger partial charge in [0.1, 0.15) is 0 Å². The van der Waals surface area contributed by atoms with Crippen LogP contribution >= 0.6 is 0 Å². The van der Waals surface area contributed by atoms with Crippen LogP contribution in [0.3, 0.4) is 0 Å². The monoisotopic (exact) mass is 153 g/mol. The number of nitrogens with two attached hydrogens (primary N) is 1. The number of hydrogen-bond donors (Lipinski definition) is 1. The third kappa shape index (κ3) is 1.92. The summed E-state index contributed by atoms with van der Waals surface area (Å²) in [7, 11) is 0. The lowest BCUT2D eigenvalue weighted by Gasteiger charge is -2.08. The molecule has 0 aromatic heterocycles. The fourth-order valence-electron chi connectivity index (χ4n) is 1.31. The first-order valence-corrected chi connectivity index (χ1v) is 3.62. The van der Waals surface area contributed by atoms with Crippen LogP contribution in [0.4, 0.5) is 0 Å². The average Bonchev–Trinajstić information content (AvgIpc) is 2.37.